The first-order valence-corrected chi connectivity index (χ1v) is 7.05. The van der Waals surface area contributed by atoms with Gasteiger partial charge in [0.25, 0.3) is 0 Å². The van der Waals surface area contributed by atoms with Crippen LogP contribution in [-0.4, -0.2) is 30.4 Å². The maximum atomic E-state index is 14.1. The minimum absolute atomic E-state index is 0.257. The molecule has 0 amide bonds. The molecule has 1 atom stereocenters. The first kappa shape index (κ1) is 14.4. The van der Waals surface area contributed by atoms with Crippen molar-refractivity contribution in [1.82, 2.24) is 29.6 Å². The van der Waals surface area contributed by atoms with E-state index in [4.69, 9.17) is 0 Å². The summed E-state index contributed by atoms with van der Waals surface area (Å²) in [5, 5.41) is 7.30. The minimum atomic E-state index is -0.313. The highest BCUT2D eigenvalue weighted by molar-refractivity contribution is 5.35. The summed E-state index contributed by atoms with van der Waals surface area (Å²) in [5.41, 5.74) is 1.28. The molecule has 6 nitrogen and oxygen atoms in total. The lowest BCUT2D eigenvalue weighted by molar-refractivity contribution is 0.475. The van der Waals surface area contributed by atoms with E-state index < -0.39 is 0 Å². The summed E-state index contributed by atoms with van der Waals surface area (Å²) in [7, 11) is 0. The van der Waals surface area contributed by atoms with Crippen LogP contribution in [0.25, 0.3) is 5.69 Å². The normalized spacial score (nSPS) is 12.5. The number of aromatic nitrogens is 5. The Bertz CT molecular complexity index is 708. The van der Waals surface area contributed by atoms with Crippen molar-refractivity contribution in [3.63, 3.8) is 0 Å². The molecule has 22 heavy (non-hydrogen) atoms. The molecule has 0 spiro atoms. The van der Waals surface area contributed by atoms with Crippen LogP contribution in [0.15, 0.2) is 49.6 Å². The Balaban J connectivity index is 1.60. The summed E-state index contributed by atoms with van der Waals surface area (Å²) >= 11 is 0. The van der Waals surface area contributed by atoms with E-state index in [1.807, 2.05) is 16.8 Å². The van der Waals surface area contributed by atoms with Gasteiger partial charge >= 0.3 is 0 Å². The van der Waals surface area contributed by atoms with Crippen LogP contribution in [0.4, 0.5) is 4.39 Å². The van der Waals surface area contributed by atoms with Crippen LogP contribution in [0.3, 0.4) is 0 Å². The van der Waals surface area contributed by atoms with E-state index in [0.717, 1.165) is 12.1 Å². The molecule has 0 aliphatic rings. The maximum absolute atomic E-state index is 14.1. The van der Waals surface area contributed by atoms with Crippen molar-refractivity contribution in [1.29, 1.82) is 0 Å². The van der Waals surface area contributed by atoms with Gasteiger partial charge in [-0.25, -0.2) is 19.0 Å². The van der Waals surface area contributed by atoms with E-state index in [0.29, 0.717) is 12.2 Å². The second kappa shape index (κ2) is 6.48. The Morgan fingerprint density at radius 1 is 1.27 bits per heavy atom. The van der Waals surface area contributed by atoms with E-state index in [-0.39, 0.29) is 11.9 Å². The molecule has 0 saturated heterocycles. The van der Waals surface area contributed by atoms with Gasteiger partial charge in [-0.2, -0.15) is 5.10 Å². The van der Waals surface area contributed by atoms with E-state index in [1.165, 1.54) is 23.4 Å². The Morgan fingerprint density at radius 3 is 2.86 bits per heavy atom. The van der Waals surface area contributed by atoms with Gasteiger partial charge in [-0.05, 0) is 24.6 Å². The summed E-state index contributed by atoms with van der Waals surface area (Å²) in [6, 6.07) is 5.37. The zero-order valence-corrected chi connectivity index (χ0v) is 12.2. The Labute approximate surface area is 127 Å². The van der Waals surface area contributed by atoms with E-state index in [1.54, 1.807) is 18.6 Å². The number of nitrogens with one attached hydrogen (secondary N) is 1. The lowest BCUT2D eigenvalue weighted by Gasteiger charge is -2.14. The summed E-state index contributed by atoms with van der Waals surface area (Å²) in [6.45, 7) is 3.50. The van der Waals surface area contributed by atoms with Crippen molar-refractivity contribution in [2.24, 2.45) is 0 Å². The largest absolute Gasteiger partial charge is 0.336 e. The molecule has 0 radical (unpaired) electrons. The Morgan fingerprint density at radius 2 is 2.18 bits per heavy atom. The second-order valence-electron chi connectivity index (χ2n) is 5.17. The van der Waals surface area contributed by atoms with E-state index in [9.17, 15) is 4.39 Å². The number of hydrogen-bond donors (Lipinski definition) is 1. The van der Waals surface area contributed by atoms with Crippen molar-refractivity contribution in [2.75, 3.05) is 0 Å². The summed E-state index contributed by atoms with van der Waals surface area (Å²) < 4.78 is 17.5. The lowest BCUT2D eigenvalue weighted by atomic mass is 10.2. The SMILES string of the molecule is C[C@@H](Cn1ccnc1)NCc1ccc(-n2cncn2)c(F)c1. The molecule has 0 aliphatic heterocycles. The van der Waals surface area contributed by atoms with Crippen LogP contribution in [0.1, 0.15) is 12.5 Å². The van der Waals surface area contributed by atoms with Crippen LogP contribution in [0, 0.1) is 5.82 Å². The van der Waals surface area contributed by atoms with Crippen LogP contribution in [-0.2, 0) is 13.1 Å². The van der Waals surface area contributed by atoms with Gasteiger partial charge in [-0.3, -0.25) is 0 Å². The molecule has 114 valence electrons. The average Bonchev–Trinajstić information content (AvgIpc) is 3.18. The highest BCUT2D eigenvalue weighted by Gasteiger charge is 2.07. The predicted molar refractivity (Wildman–Crippen MR) is 79.8 cm³/mol. The van der Waals surface area contributed by atoms with E-state index in [2.05, 4.69) is 27.3 Å². The summed E-state index contributed by atoms with van der Waals surface area (Å²) in [6.07, 6.45) is 8.32. The molecule has 1 N–H and O–H groups in total. The third kappa shape index (κ3) is 3.37. The molecule has 0 aliphatic carbocycles. The fraction of sp³-hybridized carbons (Fsp3) is 0.267. The number of rotatable bonds is 6. The van der Waals surface area contributed by atoms with Gasteiger partial charge in [-0.15, -0.1) is 0 Å². The molecular formula is C15H17FN6. The summed E-state index contributed by atoms with van der Waals surface area (Å²) in [4.78, 5) is 7.83. The molecule has 3 rings (SSSR count). The molecule has 2 aromatic heterocycles. The van der Waals surface area contributed by atoms with Gasteiger partial charge < -0.3 is 9.88 Å². The van der Waals surface area contributed by atoms with Crippen molar-refractivity contribution in [3.05, 3.63) is 61.0 Å². The van der Waals surface area contributed by atoms with Gasteiger partial charge in [0.05, 0.1) is 6.33 Å². The smallest absolute Gasteiger partial charge is 0.149 e. The average molecular weight is 300 g/mol. The number of nitrogens with zero attached hydrogens (tertiary/aromatic N) is 5. The molecule has 0 fully saturated rings. The van der Waals surface area contributed by atoms with E-state index >= 15 is 0 Å². The monoisotopic (exact) mass is 300 g/mol. The molecule has 3 aromatic rings. The molecule has 0 bridgehead atoms. The third-order valence-corrected chi connectivity index (χ3v) is 3.38. The van der Waals surface area contributed by atoms with Gasteiger partial charge in [-0.1, -0.05) is 6.07 Å². The quantitative estimate of drug-likeness (QED) is 0.754. The molecule has 7 heteroatoms. The number of halogens is 1. The number of benzene rings is 1. The van der Waals surface area contributed by atoms with Crippen molar-refractivity contribution >= 4 is 0 Å². The van der Waals surface area contributed by atoms with Crippen LogP contribution in [0.5, 0.6) is 0 Å². The zero-order chi connectivity index (χ0) is 15.4. The molecule has 0 unspecified atom stereocenters. The number of hydrogen-bond acceptors (Lipinski definition) is 4. The first-order valence-electron chi connectivity index (χ1n) is 7.05. The third-order valence-electron chi connectivity index (χ3n) is 3.38. The van der Waals surface area contributed by atoms with Gasteiger partial charge in [0.2, 0.25) is 0 Å². The molecule has 2 heterocycles. The van der Waals surface area contributed by atoms with Crippen LogP contribution < -0.4 is 5.32 Å². The van der Waals surface area contributed by atoms with Gasteiger partial charge in [0.15, 0.2) is 0 Å². The lowest BCUT2D eigenvalue weighted by Crippen LogP contribution is -2.29. The van der Waals surface area contributed by atoms with Crippen LogP contribution >= 0.6 is 0 Å². The Kier molecular flexibility index (Phi) is 4.24. The summed E-state index contributed by atoms with van der Waals surface area (Å²) in [5.74, 6) is -0.313. The fourth-order valence-corrected chi connectivity index (χ4v) is 2.25. The first-order chi connectivity index (χ1) is 10.7. The maximum Gasteiger partial charge on any atom is 0.149 e. The molecule has 0 saturated carbocycles. The zero-order valence-electron chi connectivity index (χ0n) is 12.2. The molecular weight excluding hydrogens is 283 g/mol. The topological polar surface area (TPSA) is 60.6 Å². The van der Waals surface area contributed by atoms with Crippen molar-refractivity contribution in [3.8, 4) is 5.69 Å². The fourth-order valence-electron chi connectivity index (χ4n) is 2.25. The molecule has 1 aromatic carbocycles. The standard InChI is InChI=1S/C15H17FN6/c1-12(8-21-5-4-17-10-21)19-7-13-2-3-15(14(16)6-13)22-11-18-9-20-22/h2-6,9-12,19H,7-8H2,1H3/t12-/m0/s1. The van der Waals surface area contributed by atoms with Crippen LogP contribution in [0.2, 0.25) is 0 Å². The van der Waals surface area contributed by atoms with Crippen molar-refractivity contribution in [2.45, 2.75) is 26.1 Å². The van der Waals surface area contributed by atoms with Gasteiger partial charge in [0.1, 0.15) is 24.2 Å². The highest BCUT2D eigenvalue weighted by atomic mass is 19.1. The highest BCUT2D eigenvalue weighted by Crippen LogP contribution is 2.14. The minimum Gasteiger partial charge on any atom is -0.336 e. The van der Waals surface area contributed by atoms with Gasteiger partial charge in [0, 0.05) is 31.5 Å². The predicted octanol–water partition coefficient (Wildman–Crippen LogP) is 1.78. The van der Waals surface area contributed by atoms with Crippen molar-refractivity contribution < 1.29 is 4.39 Å². The number of imidazole rings is 1. The Hall–Kier alpha value is -2.54. The second-order valence-corrected chi connectivity index (χ2v) is 5.17.